The lowest BCUT2D eigenvalue weighted by molar-refractivity contribution is -0.115. The molecule has 5 nitrogen and oxygen atoms in total. The minimum absolute atomic E-state index is 0.0727. The van der Waals surface area contributed by atoms with Crippen molar-refractivity contribution >= 4 is 39.3 Å². The van der Waals surface area contributed by atoms with Gasteiger partial charge in [0.25, 0.3) is 0 Å². The number of rotatable bonds is 6. The second kappa shape index (κ2) is 8.71. The van der Waals surface area contributed by atoms with Crippen LogP contribution in [0.5, 0.6) is 0 Å². The van der Waals surface area contributed by atoms with E-state index >= 15 is 0 Å². The van der Waals surface area contributed by atoms with Crippen LogP contribution < -0.4 is 5.32 Å². The molecule has 1 aromatic heterocycles. The number of benzene rings is 2. The van der Waals surface area contributed by atoms with Gasteiger partial charge in [-0.05, 0) is 54.4 Å². The lowest BCUT2D eigenvalue weighted by atomic mass is 10.2. The predicted octanol–water partition coefficient (Wildman–Crippen LogP) is 5.16. The van der Waals surface area contributed by atoms with Crippen molar-refractivity contribution in [2.45, 2.75) is 37.7 Å². The van der Waals surface area contributed by atoms with Gasteiger partial charge < -0.3 is 9.88 Å². The summed E-state index contributed by atoms with van der Waals surface area (Å²) >= 11 is 4.90. The van der Waals surface area contributed by atoms with Gasteiger partial charge in [-0.15, -0.1) is 10.2 Å². The highest BCUT2D eigenvalue weighted by molar-refractivity contribution is 9.10. The molecule has 27 heavy (non-hydrogen) atoms. The maximum absolute atomic E-state index is 12.6. The first-order valence-electron chi connectivity index (χ1n) is 8.72. The molecule has 0 fully saturated rings. The second-order valence-electron chi connectivity index (χ2n) is 6.15. The Balaban J connectivity index is 1.75. The summed E-state index contributed by atoms with van der Waals surface area (Å²) in [5.41, 5.74) is 2.91. The first-order chi connectivity index (χ1) is 13.0. The molecule has 0 saturated heterocycles. The molecule has 1 atom stereocenters. The summed E-state index contributed by atoms with van der Waals surface area (Å²) in [6.07, 6.45) is 0. The average Bonchev–Trinajstić information content (AvgIpc) is 3.07. The van der Waals surface area contributed by atoms with Crippen LogP contribution >= 0.6 is 27.7 Å². The fourth-order valence-electron chi connectivity index (χ4n) is 2.63. The first kappa shape index (κ1) is 19.6. The summed E-state index contributed by atoms with van der Waals surface area (Å²) in [5, 5.41) is 12.0. The molecule has 2 aromatic carbocycles. The number of hydrogen-bond acceptors (Lipinski definition) is 4. The summed E-state index contributed by atoms with van der Waals surface area (Å²) in [4.78, 5) is 12.6. The number of amides is 1. The molecule has 0 aliphatic rings. The number of aryl methyl sites for hydroxylation is 1. The zero-order chi connectivity index (χ0) is 19.4. The Morgan fingerprint density at radius 1 is 1.22 bits per heavy atom. The summed E-state index contributed by atoms with van der Waals surface area (Å²) in [6, 6.07) is 15.8. The Bertz CT molecular complexity index is 942. The minimum atomic E-state index is -0.309. The molecule has 0 radical (unpaired) electrons. The van der Waals surface area contributed by atoms with Gasteiger partial charge in [-0.1, -0.05) is 48.2 Å². The van der Waals surface area contributed by atoms with E-state index in [2.05, 4.69) is 31.4 Å². The first-order valence-corrected chi connectivity index (χ1v) is 10.4. The molecule has 0 bridgehead atoms. The van der Waals surface area contributed by atoms with Crippen LogP contribution in [0.25, 0.3) is 11.4 Å². The van der Waals surface area contributed by atoms with E-state index in [-0.39, 0.29) is 11.2 Å². The number of carbonyl (C=O) groups excluding carboxylic acids is 1. The van der Waals surface area contributed by atoms with E-state index in [0.717, 1.165) is 38.8 Å². The van der Waals surface area contributed by atoms with Crippen molar-refractivity contribution in [2.24, 2.45) is 0 Å². The van der Waals surface area contributed by atoms with Crippen LogP contribution in [0.1, 0.15) is 19.4 Å². The lowest BCUT2D eigenvalue weighted by Crippen LogP contribution is -2.23. The van der Waals surface area contributed by atoms with E-state index in [9.17, 15) is 4.79 Å². The van der Waals surface area contributed by atoms with Crippen molar-refractivity contribution < 1.29 is 4.79 Å². The molecule has 3 aromatic rings. The van der Waals surface area contributed by atoms with Gasteiger partial charge in [0.15, 0.2) is 11.0 Å². The molecular weight excluding hydrogens is 424 g/mol. The normalized spacial score (nSPS) is 12.0. The summed E-state index contributed by atoms with van der Waals surface area (Å²) in [5.74, 6) is 0.742. The molecule has 1 heterocycles. The number of thioether (sulfide) groups is 1. The fraction of sp³-hybridized carbons (Fsp3) is 0.250. The number of nitrogens with one attached hydrogen (secondary N) is 1. The molecule has 0 aliphatic carbocycles. The van der Waals surface area contributed by atoms with Gasteiger partial charge in [0, 0.05) is 16.6 Å². The summed E-state index contributed by atoms with van der Waals surface area (Å²) in [6.45, 7) is 6.67. The standard InChI is InChI=1S/C20H21BrN4OS/c1-4-25-18(15-8-6-5-7-9-15)23-24-20(25)27-14(3)19(26)22-17-11-10-13(2)12-16(17)21/h5-12,14H,4H2,1-3H3,(H,22,26). The molecule has 7 heteroatoms. The van der Waals surface area contributed by atoms with Gasteiger partial charge in [0.1, 0.15) is 0 Å². The Hall–Kier alpha value is -2.12. The number of nitrogens with zero attached hydrogens (tertiary/aromatic N) is 3. The topological polar surface area (TPSA) is 59.8 Å². The quantitative estimate of drug-likeness (QED) is 0.533. The fourth-order valence-corrected chi connectivity index (χ4v) is 4.13. The predicted molar refractivity (Wildman–Crippen MR) is 114 cm³/mol. The summed E-state index contributed by atoms with van der Waals surface area (Å²) in [7, 11) is 0. The van der Waals surface area contributed by atoms with Gasteiger partial charge in [-0.2, -0.15) is 0 Å². The third-order valence-corrected chi connectivity index (χ3v) is 5.84. The van der Waals surface area contributed by atoms with Crippen molar-refractivity contribution in [3.8, 4) is 11.4 Å². The zero-order valence-corrected chi connectivity index (χ0v) is 17.8. The second-order valence-corrected chi connectivity index (χ2v) is 8.31. The molecule has 1 amide bonds. The van der Waals surface area contributed by atoms with Crippen LogP contribution in [0.3, 0.4) is 0 Å². The molecule has 140 valence electrons. The maximum atomic E-state index is 12.6. The molecule has 1 unspecified atom stereocenters. The number of carbonyl (C=O) groups is 1. The number of anilines is 1. The highest BCUT2D eigenvalue weighted by atomic mass is 79.9. The lowest BCUT2D eigenvalue weighted by Gasteiger charge is -2.14. The van der Waals surface area contributed by atoms with Crippen molar-refractivity contribution in [1.82, 2.24) is 14.8 Å². The van der Waals surface area contributed by atoms with Crippen molar-refractivity contribution in [3.63, 3.8) is 0 Å². The smallest absolute Gasteiger partial charge is 0.237 e. The summed E-state index contributed by atoms with van der Waals surface area (Å²) < 4.78 is 2.90. The highest BCUT2D eigenvalue weighted by Crippen LogP contribution is 2.28. The molecule has 0 saturated carbocycles. The SMILES string of the molecule is CCn1c(SC(C)C(=O)Nc2ccc(C)cc2Br)nnc1-c1ccccc1. The number of aromatic nitrogens is 3. The monoisotopic (exact) mass is 444 g/mol. The van der Waals surface area contributed by atoms with Gasteiger partial charge in [-0.25, -0.2) is 0 Å². The van der Waals surface area contributed by atoms with Crippen molar-refractivity contribution in [3.05, 3.63) is 58.6 Å². The van der Waals surface area contributed by atoms with Crippen LogP contribution in [-0.4, -0.2) is 25.9 Å². The Morgan fingerprint density at radius 3 is 2.63 bits per heavy atom. The third-order valence-electron chi connectivity index (χ3n) is 4.10. The van der Waals surface area contributed by atoms with Crippen LogP contribution in [-0.2, 0) is 11.3 Å². The molecule has 0 spiro atoms. The van der Waals surface area contributed by atoms with Crippen LogP contribution in [0.4, 0.5) is 5.69 Å². The van der Waals surface area contributed by atoms with Crippen LogP contribution in [0.15, 0.2) is 58.2 Å². The highest BCUT2D eigenvalue weighted by Gasteiger charge is 2.20. The maximum Gasteiger partial charge on any atom is 0.237 e. The largest absolute Gasteiger partial charge is 0.324 e. The number of halogens is 1. The van der Waals surface area contributed by atoms with Gasteiger partial charge >= 0.3 is 0 Å². The van der Waals surface area contributed by atoms with E-state index < -0.39 is 0 Å². The number of hydrogen-bond donors (Lipinski definition) is 1. The van der Waals surface area contributed by atoms with E-state index in [0.29, 0.717) is 0 Å². The Morgan fingerprint density at radius 2 is 1.96 bits per heavy atom. The molecule has 3 rings (SSSR count). The van der Waals surface area contributed by atoms with Gasteiger partial charge in [-0.3, -0.25) is 4.79 Å². The van der Waals surface area contributed by atoms with Gasteiger partial charge in [0.2, 0.25) is 5.91 Å². The van der Waals surface area contributed by atoms with Crippen LogP contribution in [0.2, 0.25) is 0 Å². The average molecular weight is 445 g/mol. The van der Waals surface area contributed by atoms with E-state index in [1.807, 2.05) is 73.9 Å². The Kier molecular flexibility index (Phi) is 6.34. The van der Waals surface area contributed by atoms with E-state index in [1.165, 1.54) is 11.8 Å². The van der Waals surface area contributed by atoms with E-state index in [4.69, 9.17) is 0 Å². The molecule has 1 N–H and O–H groups in total. The van der Waals surface area contributed by atoms with E-state index in [1.54, 1.807) is 0 Å². The minimum Gasteiger partial charge on any atom is -0.324 e. The molecular formula is C20H21BrN4OS. The third kappa shape index (κ3) is 4.59. The van der Waals surface area contributed by atoms with Crippen LogP contribution in [0, 0.1) is 6.92 Å². The Labute approximate surface area is 171 Å². The van der Waals surface area contributed by atoms with Gasteiger partial charge in [0.05, 0.1) is 10.9 Å². The van der Waals surface area contributed by atoms with Crippen molar-refractivity contribution in [1.29, 1.82) is 0 Å². The van der Waals surface area contributed by atoms with Crippen molar-refractivity contribution in [2.75, 3.05) is 5.32 Å². The molecule has 0 aliphatic heterocycles. The zero-order valence-electron chi connectivity index (χ0n) is 15.4.